The summed E-state index contributed by atoms with van der Waals surface area (Å²) < 4.78 is 38.2. The molecule has 0 aromatic carbocycles. The van der Waals surface area contributed by atoms with E-state index >= 15 is 0 Å². The molecular formula is C9H10F3N3O2. The Morgan fingerprint density at radius 1 is 1.53 bits per heavy atom. The zero-order chi connectivity index (χ0) is 12.8. The summed E-state index contributed by atoms with van der Waals surface area (Å²) in [6.45, 7) is 1.60. The van der Waals surface area contributed by atoms with E-state index < -0.39 is 17.0 Å². The topological polar surface area (TPSA) is 61.0 Å². The van der Waals surface area contributed by atoms with Gasteiger partial charge in [0.05, 0.1) is 28.8 Å². The summed E-state index contributed by atoms with van der Waals surface area (Å²) in [7, 11) is 0. The first-order valence-electron chi connectivity index (χ1n) is 5.06. The molecule has 1 aromatic rings. The average Bonchev–Trinajstić information content (AvgIpc) is 2.43. The van der Waals surface area contributed by atoms with E-state index in [1.54, 1.807) is 6.92 Å². The number of rotatable bonds is 2. The SMILES string of the molecule is Cc1cc([N+](=O)[O-])nn1C1CC(C(F)(F)F)C1. The van der Waals surface area contributed by atoms with Crippen molar-refractivity contribution in [2.45, 2.75) is 32.0 Å². The highest BCUT2D eigenvalue weighted by molar-refractivity contribution is 5.21. The van der Waals surface area contributed by atoms with Gasteiger partial charge in [-0.3, -0.25) is 0 Å². The van der Waals surface area contributed by atoms with E-state index in [1.165, 1.54) is 10.7 Å². The van der Waals surface area contributed by atoms with Gasteiger partial charge in [-0.25, -0.2) is 0 Å². The lowest BCUT2D eigenvalue weighted by Gasteiger charge is -2.35. The van der Waals surface area contributed by atoms with E-state index in [2.05, 4.69) is 5.10 Å². The Labute approximate surface area is 94.4 Å². The van der Waals surface area contributed by atoms with Gasteiger partial charge in [-0.2, -0.15) is 17.9 Å². The number of aromatic nitrogens is 2. The molecule has 0 saturated heterocycles. The predicted molar refractivity (Wildman–Crippen MR) is 51.4 cm³/mol. The third kappa shape index (κ3) is 2.11. The van der Waals surface area contributed by atoms with Gasteiger partial charge >= 0.3 is 12.0 Å². The molecule has 0 radical (unpaired) electrons. The van der Waals surface area contributed by atoms with E-state index in [4.69, 9.17) is 0 Å². The third-order valence-corrected chi connectivity index (χ3v) is 3.02. The van der Waals surface area contributed by atoms with Crippen LogP contribution in [0.4, 0.5) is 19.0 Å². The number of hydrogen-bond acceptors (Lipinski definition) is 3. The van der Waals surface area contributed by atoms with Crippen LogP contribution in [0.15, 0.2) is 6.07 Å². The summed E-state index contributed by atoms with van der Waals surface area (Å²) in [4.78, 5) is 9.82. The molecule has 0 N–H and O–H groups in total. The lowest BCUT2D eigenvalue weighted by molar-refractivity contribution is -0.389. The summed E-state index contributed by atoms with van der Waals surface area (Å²) in [5, 5.41) is 14.2. The van der Waals surface area contributed by atoms with Crippen LogP contribution in [0.1, 0.15) is 24.6 Å². The van der Waals surface area contributed by atoms with Crippen molar-refractivity contribution in [1.29, 1.82) is 0 Å². The van der Waals surface area contributed by atoms with Gasteiger partial charge in [0.25, 0.3) is 0 Å². The van der Waals surface area contributed by atoms with Crippen LogP contribution in [0, 0.1) is 23.0 Å². The van der Waals surface area contributed by atoms with Crippen LogP contribution in [-0.2, 0) is 0 Å². The van der Waals surface area contributed by atoms with Crippen LogP contribution >= 0.6 is 0 Å². The van der Waals surface area contributed by atoms with Crippen LogP contribution < -0.4 is 0 Å². The summed E-state index contributed by atoms with van der Waals surface area (Å²) in [5.41, 5.74) is 0.516. The van der Waals surface area contributed by atoms with Crippen molar-refractivity contribution < 1.29 is 18.1 Å². The lowest BCUT2D eigenvalue weighted by atomic mass is 9.80. The van der Waals surface area contributed by atoms with Crippen LogP contribution in [0.2, 0.25) is 0 Å². The molecule has 1 heterocycles. The fourth-order valence-electron chi connectivity index (χ4n) is 1.98. The molecule has 0 atom stereocenters. The van der Waals surface area contributed by atoms with E-state index in [1.807, 2.05) is 0 Å². The summed E-state index contributed by atoms with van der Waals surface area (Å²) >= 11 is 0. The van der Waals surface area contributed by atoms with Gasteiger partial charge in [-0.1, -0.05) is 0 Å². The monoisotopic (exact) mass is 249 g/mol. The van der Waals surface area contributed by atoms with Crippen LogP contribution in [-0.4, -0.2) is 20.9 Å². The van der Waals surface area contributed by atoms with Crippen molar-refractivity contribution >= 4 is 5.82 Å². The number of halogens is 3. The molecule has 0 amide bonds. The van der Waals surface area contributed by atoms with Crippen molar-refractivity contribution in [3.05, 3.63) is 21.9 Å². The average molecular weight is 249 g/mol. The smallest absolute Gasteiger partial charge is 0.358 e. The van der Waals surface area contributed by atoms with Crippen LogP contribution in [0.5, 0.6) is 0 Å². The number of nitrogens with zero attached hydrogens (tertiary/aromatic N) is 3. The highest BCUT2D eigenvalue weighted by Crippen LogP contribution is 2.47. The number of hydrogen-bond donors (Lipinski definition) is 0. The first-order valence-corrected chi connectivity index (χ1v) is 5.06. The van der Waals surface area contributed by atoms with E-state index in [9.17, 15) is 23.3 Å². The van der Waals surface area contributed by atoms with Gasteiger partial charge in [0.15, 0.2) is 0 Å². The Balaban J connectivity index is 2.09. The zero-order valence-corrected chi connectivity index (χ0v) is 8.94. The Kier molecular flexibility index (Phi) is 2.59. The molecule has 1 aliphatic carbocycles. The molecule has 2 rings (SSSR count). The maximum absolute atomic E-state index is 12.3. The number of alkyl halides is 3. The Bertz CT molecular complexity index is 449. The second-order valence-electron chi connectivity index (χ2n) is 4.21. The molecule has 0 unspecified atom stereocenters. The number of aryl methyl sites for hydroxylation is 1. The largest absolute Gasteiger partial charge is 0.391 e. The summed E-state index contributed by atoms with van der Waals surface area (Å²) in [6.07, 6.45) is -4.28. The maximum Gasteiger partial charge on any atom is 0.391 e. The fourth-order valence-corrected chi connectivity index (χ4v) is 1.98. The van der Waals surface area contributed by atoms with E-state index in [-0.39, 0.29) is 24.7 Å². The summed E-state index contributed by atoms with van der Waals surface area (Å²) in [5.74, 6) is -1.63. The first-order chi connectivity index (χ1) is 7.79. The zero-order valence-electron chi connectivity index (χ0n) is 8.94. The van der Waals surface area contributed by atoms with Gasteiger partial charge in [-0.15, -0.1) is 0 Å². The molecule has 17 heavy (non-hydrogen) atoms. The molecule has 1 fully saturated rings. The second-order valence-corrected chi connectivity index (χ2v) is 4.21. The molecular weight excluding hydrogens is 239 g/mol. The maximum atomic E-state index is 12.3. The first kappa shape index (κ1) is 11.9. The van der Waals surface area contributed by atoms with Crippen molar-refractivity contribution in [1.82, 2.24) is 9.78 Å². The van der Waals surface area contributed by atoms with Gasteiger partial charge in [0.1, 0.15) is 0 Å². The fraction of sp³-hybridized carbons (Fsp3) is 0.667. The highest BCUT2D eigenvalue weighted by atomic mass is 19.4. The lowest BCUT2D eigenvalue weighted by Crippen LogP contribution is -2.37. The van der Waals surface area contributed by atoms with Gasteiger partial charge in [0, 0.05) is 0 Å². The van der Waals surface area contributed by atoms with E-state index in [0.29, 0.717) is 5.69 Å². The van der Waals surface area contributed by atoms with Gasteiger partial charge in [-0.05, 0) is 24.7 Å². The number of nitro groups is 1. The third-order valence-electron chi connectivity index (χ3n) is 3.02. The van der Waals surface area contributed by atoms with Crippen molar-refractivity contribution in [2.75, 3.05) is 0 Å². The quantitative estimate of drug-likeness (QED) is 0.597. The molecule has 94 valence electrons. The Morgan fingerprint density at radius 2 is 2.12 bits per heavy atom. The molecule has 1 saturated carbocycles. The molecule has 0 bridgehead atoms. The summed E-state index contributed by atoms with van der Waals surface area (Å²) in [6, 6.07) is 0.885. The minimum absolute atomic E-state index is 0.0524. The van der Waals surface area contributed by atoms with Crippen LogP contribution in [0.25, 0.3) is 0 Å². The minimum Gasteiger partial charge on any atom is -0.358 e. The second kappa shape index (κ2) is 3.71. The van der Waals surface area contributed by atoms with Crippen molar-refractivity contribution in [3.8, 4) is 0 Å². The molecule has 1 aliphatic rings. The standard InChI is InChI=1S/C9H10F3N3O2/c1-5-2-8(15(16)17)13-14(5)7-3-6(4-7)9(10,11)12/h2,6-7H,3-4H2,1H3. The molecule has 8 heteroatoms. The van der Waals surface area contributed by atoms with Crippen molar-refractivity contribution in [2.24, 2.45) is 5.92 Å². The Morgan fingerprint density at radius 3 is 2.53 bits per heavy atom. The molecule has 0 spiro atoms. The van der Waals surface area contributed by atoms with Gasteiger partial charge < -0.3 is 10.1 Å². The van der Waals surface area contributed by atoms with Crippen LogP contribution in [0.3, 0.4) is 0 Å². The van der Waals surface area contributed by atoms with Gasteiger partial charge in [0.2, 0.25) is 0 Å². The predicted octanol–water partition coefficient (Wildman–Crippen LogP) is 2.61. The highest BCUT2D eigenvalue weighted by Gasteiger charge is 2.49. The van der Waals surface area contributed by atoms with E-state index in [0.717, 1.165) is 0 Å². The minimum atomic E-state index is -4.18. The van der Waals surface area contributed by atoms with Crippen molar-refractivity contribution in [3.63, 3.8) is 0 Å². The Hall–Kier alpha value is -1.60. The molecule has 1 aromatic heterocycles. The molecule has 5 nitrogen and oxygen atoms in total. The molecule has 0 aliphatic heterocycles. The normalized spacial score (nSPS) is 24.5.